The molecule has 2 unspecified atom stereocenters. The van der Waals surface area contributed by atoms with Crippen molar-refractivity contribution in [2.75, 3.05) is 19.6 Å². The third-order valence-corrected chi connectivity index (χ3v) is 3.68. The average molecular weight is 305 g/mol. The molecule has 1 aliphatic rings. The van der Waals surface area contributed by atoms with E-state index in [1.54, 1.807) is 4.90 Å². The first-order valence-corrected chi connectivity index (χ1v) is 6.70. The summed E-state index contributed by atoms with van der Waals surface area (Å²) in [6, 6.07) is 4.93. The molecule has 4 nitrogen and oxygen atoms in total. The maximum atomic E-state index is 12.4. The largest absolute Gasteiger partial charge is 0.416 e. The van der Waals surface area contributed by atoms with Gasteiger partial charge in [0.2, 0.25) is 0 Å². The second-order valence-electron chi connectivity index (χ2n) is 5.33. The predicted molar refractivity (Wildman–Crippen MR) is 69.6 cm³/mol. The van der Waals surface area contributed by atoms with Crippen molar-refractivity contribution in [1.82, 2.24) is 4.90 Å². The maximum absolute atomic E-state index is 12.4. The molecular weight excluding hydrogens is 287 g/mol. The first kappa shape index (κ1) is 16.2. The minimum atomic E-state index is -4.34. The van der Waals surface area contributed by atoms with Gasteiger partial charge in [-0.2, -0.15) is 13.2 Å². The van der Waals surface area contributed by atoms with E-state index in [2.05, 4.69) is 0 Å². The Hall–Kier alpha value is -1.15. The van der Waals surface area contributed by atoms with Crippen LogP contribution in [0.1, 0.15) is 11.1 Å². The van der Waals surface area contributed by atoms with Crippen molar-refractivity contribution < 1.29 is 28.5 Å². The second-order valence-corrected chi connectivity index (χ2v) is 5.33. The smallest absolute Gasteiger partial charge is 0.389 e. The Morgan fingerprint density at radius 1 is 1.00 bits per heavy atom. The zero-order valence-electron chi connectivity index (χ0n) is 11.3. The summed E-state index contributed by atoms with van der Waals surface area (Å²) in [7, 11) is 0. The minimum absolute atomic E-state index is 0.235. The SMILES string of the molecule is OC1CN(CCc2ccc(C(F)(F)F)cc2)CC(O)C1O. The lowest BCUT2D eigenvalue weighted by Crippen LogP contribution is -2.55. The maximum Gasteiger partial charge on any atom is 0.416 e. The quantitative estimate of drug-likeness (QED) is 0.767. The summed E-state index contributed by atoms with van der Waals surface area (Å²) in [5, 5.41) is 28.6. The number of hydrogen-bond acceptors (Lipinski definition) is 4. The fourth-order valence-corrected chi connectivity index (χ4v) is 2.41. The lowest BCUT2D eigenvalue weighted by Gasteiger charge is -2.36. The number of alkyl halides is 3. The number of hydrogen-bond donors (Lipinski definition) is 3. The van der Waals surface area contributed by atoms with E-state index in [1.165, 1.54) is 12.1 Å². The van der Waals surface area contributed by atoms with E-state index in [-0.39, 0.29) is 13.1 Å². The number of β-amino-alcohol motifs (C(OH)–C–C–N with tert-alkyl or cyclic N) is 2. The van der Waals surface area contributed by atoms with Gasteiger partial charge >= 0.3 is 6.18 Å². The number of aliphatic hydroxyl groups is 3. The Balaban J connectivity index is 1.89. The van der Waals surface area contributed by atoms with Crippen LogP contribution in [-0.2, 0) is 12.6 Å². The fourth-order valence-electron chi connectivity index (χ4n) is 2.41. The molecule has 0 saturated carbocycles. The highest BCUT2D eigenvalue weighted by Crippen LogP contribution is 2.29. The van der Waals surface area contributed by atoms with Gasteiger partial charge in [0.15, 0.2) is 0 Å². The monoisotopic (exact) mass is 305 g/mol. The Kier molecular flexibility index (Phi) is 4.88. The predicted octanol–water partition coefficient (Wildman–Crippen LogP) is 0.646. The van der Waals surface area contributed by atoms with Crippen molar-refractivity contribution in [1.29, 1.82) is 0 Å². The molecule has 1 heterocycles. The summed E-state index contributed by atoms with van der Waals surface area (Å²) >= 11 is 0. The summed E-state index contributed by atoms with van der Waals surface area (Å²) < 4.78 is 37.3. The Bertz CT molecular complexity index is 452. The summed E-state index contributed by atoms with van der Waals surface area (Å²) in [5.41, 5.74) is 0.0660. The van der Waals surface area contributed by atoms with Crippen LogP contribution >= 0.6 is 0 Å². The van der Waals surface area contributed by atoms with E-state index in [0.717, 1.165) is 17.7 Å². The lowest BCUT2D eigenvalue weighted by atomic mass is 10.0. The number of aliphatic hydroxyl groups excluding tert-OH is 3. The standard InChI is InChI=1S/C14H18F3NO3/c15-14(16,17)10-3-1-9(2-4-10)5-6-18-7-11(19)13(21)12(20)8-18/h1-4,11-13,19-21H,5-8H2. The molecule has 0 radical (unpaired) electrons. The topological polar surface area (TPSA) is 63.9 Å². The van der Waals surface area contributed by atoms with E-state index in [9.17, 15) is 28.5 Å². The van der Waals surface area contributed by atoms with Crippen LogP contribution in [0.2, 0.25) is 0 Å². The molecule has 2 rings (SSSR count). The molecule has 1 saturated heterocycles. The van der Waals surface area contributed by atoms with E-state index >= 15 is 0 Å². The molecule has 7 heteroatoms. The van der Waals surface area contributed by atoms with E-state index < -0.39 is 30.1 Å². The Morgan fingerprint density at radius 3 is 2.00 bits per heavy atom. The van der Waals surface area contributed by atoms with Gasteiger partial charge < -0.3 is 15.3 Å². The summed E-state index contributed by atoms with van der Waals surface area (Å²) in [6.45, 7) is 0.962. The number of likely N-dealkylation sites (tertiary alicyclic amines) is 1. The van der Waals surface area contributed by atoms with Crippen molar-refractivity contribution in [2.24, 2.45) is 0 Å². The number of benzene rings is 1. The van der Waals surface area contributed by atoms with Crippen LogP contribution in [0.5, 0.6) is 0 Å². The minimum Gasteiger partial charge on any atom is -0.389 e. The Morgan fingerprint density at radius 2 is 1.52 bits per heavy atom. The molecule has 2 atom stereocenters. The highest BCUT2D eigenvalue weighted by molar-refractivity contribution is 5.24. The summed E-state index contributed by atoms with van der Waals surface area (Å²) in [6.07, 6.45) is -7.00. The van der Waals surface area contributed by atoms with Crippen LogP contribution in [0.25, 0.3) is 0 Å². The number of rotatable bonds is 3. The lowest BCUT2D eigenvalue weighted by molar-refractivity contribution is -0.137. The van der Waals surface area contributed by atoms with Crippen LogP contribution < -0.4 is 0 Å². The van der Waals surface area contributed by atoms with Crippen LogP contribution in [0.3, 0.4) is 0 Å². The highest BCUT2D eigenvalue weighted by atomic mass is 19.4. The molecule has 0 spiro atoms. The van der Waals surface area contributed by atoms with Gasteiger partial charge in [-0.15, -0.1) is 0 Å². The molecule has 1 aromatic rings. The molecule has 1 fully saturated rings. The third-order valence-electron chi connectivity index (χ3n) is 3.68. The number of nitrogens with zero attached hydrogens (tertiary/aromatic N) is 1. The number of halogens is 3. The van der Waals surface area contributed by atoms with Crippen molar-refractivity contribution in [3.05, 3.63) is 35.4 Å². The molecular formula is C14H18F3NO3. The van der Waals surface area contributed by atoms with Gasteiger partial charge in [-0.05, 0) is 24.1 Å². The van der Waals surface area contributed by atoms with E-state index in [0.29, 0.717) is 13.0 Å². The summed E-state index contributed by atoms with van der Waals surface area (Å²) in [4.78, 5) is 1.78. The van der Waals surface area contributed by atoms with Crippen molar-refractivity contribution in [2.45, 2.75) is 30.9 Å². The highest BCUT2D eigenvalue weighted by Gasteiger charge is 2.33. The van der Waals surface area contributed by atoms with Gasteiger partial charge in [0.25, 0.3) is 0 Å². The molecule has 21 heavy (non-hydrogen) atoms. The molecule has 1 aromatic carbocycles. The average Bonchev–Trinajstić information content (AvgIpc) is 2.42. The van der Waals surface area contributed by atoms with E-state index in [4.69, 9.17) is 0 Å². The normalized spacial score (nSPS) is 27.8. The second kappa shape index (κ2) is 6.31. The molecule has 0 aliphatic carbocycles. The molecule has 0 aromatic heterocycles. The van der Waals surface area contributed by atoms with Crippen LogP contribution in [0.15, 0.2) is 24.3 Å². The molecule has 0 bridgehead atoms. The van der Waals surface area contributed by atoms with E-state index in [1.807, 2.05) is 0 Å². The molecule has 118 valence electrons. The van der Waals surface area contributed by atoms with Gasteiger partial charge in [-0.3, -0.25) is 4.90 Å². The third kappa shape index (κ3) is 4.16. The molecule has 0 amide bonds. The molecule has 3 N–H and O–H groups in total. The van der Waals surface area contributed by atoms with Crippen molar-refractivity contribution >= 4 is 0 Å². The number of piperidine rings is 1. The van der Waals surface area contributed by atoms with Crippen molar-refractivity contribution in [3.8, 4) is 0 Å². The van der Waals surface area contributed by atoms with Gasteiger partial charge in [-0.1, -0.05) is 12.1 Å². The molecule has 1 aliphatic heterocycles. The van der Waals surface area contributed by atoms with Gasteiger partial charge in [0.1, 0.15) is 6.10 Å². The zero-order chi connectivity index (χ0) is 15.6. The van der Waals surface area contributed by atoms with Crippen molar-refractivity contribution in [3.63, 3.8) is 0 Å². The van der Waals surface area contributed by atoms with Gasteiger partial charge in [-0.25, -0.2) is 0 Å². The van der Waals surface area contributed by atoms with Crippen LogP contribution in [0.4, 0.5) is 13.2 Å². The van der Waals surface area contributed by atoms with Crippen LogP contribution in [0, 0.1) is 0 Å². The summed E-state index contributed by atoms with van der Waals surface area (Å²) in [5.74, 6) is 0. The van der Waals surface area contributed by atoms with Gasteiger partial charge in [0.05, 0.1) is 17.8 Å². The van der Waals surface area contributed by atoms with Gasteiger partial charge in [0, 0.05) is 19.6 Å². The first-order chi connectivity index (χ1) is 9.77. The fraction of sp³-hybridized carbons (Fsp3) is 0.571. The Labute approximate surface area is 120 Å². The zero-order valence-corrected chi connectivity index (χ0v) is 11.3. The first-order valence-electron chi connectivity index (χ1n) is 6.70. The van der Waals surface area contributed by atoms with Crippen LogP contribution in [-0.4, -0.2) is 58.2 Å².